The third kappa shape index (κ3) is 3.66. The summed E-state index contributed by atoms with van der Waals surface area (Å²) in [6.45, 7) is 0. The van der Waals surface area contributed by atoms with Crippen molar-refractivity contribution in [1.29, 1.82) is 0 Å². The number of hydrogen-bond donors (Lipinski definition) is 0. The van der Waals surface area contributed by atoms with Crippen molar-refractivity contribution in [3.63, 3.8) is 0 Å². The van der Waals surface area contributed by atoms with Crippen LogP contribution < -0.4 is 0 Å². The molecule has 0 aliphatic carbocycles. The fourth-order valence-electron chi connectivity index (χ4n) is 5.42. The number of fused-ring (bicyclic) bond motifs is 6. The van der Waals surface area contributed by atoms with E-state index in [0.29, 0.717) is 11.5 Å². The Balaban J connectivity index is 1.25. The standard InChI is InChI=1S/C34H20N4O2/c1-2-4-26-25(3-1)29-13-21(23-7-11-31(37-15-23)33-17-35-19-39-33)5-9-27(29)28-10-6-22(14-30(26)28)24-8-12-32(38-16-24)34-18-36-20-40-34/h1-20H. The molecule has 8 rings (SSSR count). The quantitative estimate of drug-likeness (QED) is 0.218. The molecule has 0 spiro atoms. The minimum Gasteiger partial charge on any atom is -0.442 e. The number of benzene rings is 4. The van der Waals surface area contributed by atoms with Crippen molar-refractivity contribution in [3.8, 4) is 45.2 Å². The van der Waals surface area contributed by atoms with Gasteiger partial charge >= 0.3 is 0 Å². The molecule has 4 aromatic carbocycles. The van der Waals surface area contributed by atoms with Crippen LogP contribution in [-0.2, 0) is 0 Å². The molecular weight excluding hydrogens is 496 g/mol. The Morgan fingerprint density at radius 1 is 0.400 bits per heavy atom. The van der Waals surface area contributed by atoms with Gasteiger partial charge in [0.15, 0.2) is 24.3 Å². The molecule has 6 nitrogen and oxygen atoms in total. The van der Waals surface area contributed by atoms with E-state index < -0.39 is 0 Å². The van der Waals surface area contributed by atoms with Gasteiger partial charge in [0.1, 0.15) is 11.4 Å². The predicted octanol–water partition coefficient (Wildman–Crippen LogP) is 8.58. The van der Waals surface area contributed by atoms with E-state index in [9.17, 15) is 0 Å². The van der Waals surface area contributed by atoms with Crippen molar-refractivity contribution in [1.82, 2.24) is 19.9 Å². The highest BCUT2D eigenvalue weighted by atomic mass is 16.3. The first-order valence-electron chi connectivity index (χ1n) is 12.9. The smallest absolute Gasteiger partial charge is 0.181 e. The van der Waals surface area contributed by atoms with Gasteiger partial charge in [-0.25, -0.2) is 9.97 Å². The summed E-state index contributed by atoms with van der Waals surface area (Å²) in [7, 11) is 0. The van der Waals surface area contributed by atoms with Crippen molar-refractivity contribution < 1.29 is 8.83 Å². The molecule has 0 bridgehead atoms. The maximum atomic E-state index is 5.39. The summed E-state index contributed by atoms with van der Waals surface area (Å²) < 4.78 is 10.8. The molecule has 6 heteroatoms. The van der Waals surface area contributed by atoms with Crippen LogP contribution in [0.25, 0.3) is 77.5 Å². The van der Waals surface area contributed by atoms with Crippen LogP contribution in [0.4, 0.5) is 0 Å². The average Bonchev–Trinajstić information content (AvgIpc) is 3.77. The Morgan fingerprint density at radius 2 is 0.850 bits per heavy atom. The largest absolute Gasteiger partial charge is 0.442 e. The third-order valence-electron chi connectivity index (χ3n) is 7.40. The molecule has 0 saturated heterocycles. The second kappa shape index (κ2) is 8.99. The minimum absolute atomic E-state index is 0.656. The van der Waals surface area contributed by atoms with Crippen LogP contribution in [0.3, 0.4) is 0 Å². The molecule has 0 amide bonds. The molecule has 188 valence electrons. The first kappa shape index (κ1) is 22.4. The second-order valence-corrected chi connectivity index (χ2v) is 9.66. The molecule has 40 heavy (non-hydrogen) atoms. The molecule has 0 atom stereocenters. The zero-order valence-corrected chi connectivity index (χ0v) is 21.2. The fourth-order valence-corrected chi connectivity index (χ4v) is 5.42. The molecule has 0 aliphatic rings. The Hall–Kier alpha value is -5.62. The van der Waals surface area contributed by atoms with Crippen LogP contribution in [0.2, 0.25) is 0 Å². The van der Waals surface area contributed by atoms with E-state index in [4.69, 9.17) is 8.83 Å². The molecule has 4 aromatic heterocycles. The molecule has 0 radical (unpaired) electrons. The topological polar surface area (TPSA) is 77.8 Å². The van der Waals surface area contributed by atoms with Crippen molar-refractivity contribution in [3.05, 3.63) is 123 Å². The zero-order chi connectivity index (χ0) is 26.5. The molecule has 0 fully saturated rings. The van der Waals surface area contributed by atoms with E-state index in [1.54, 1.807) is 12.4 Å². The van der Waals surface area contributed by atoms with E-state index in [1.165, 1.54) is 45.1 Å². The van der Waals surface area contributed by atoms with Gasteiger partial charge in [-0.2, -0.15) is 0 Å². The fraction of sp³-hybridized carbons (Fsp3) is 0. The first-order valence-corrected chi connectivity index (χ1v) is 12.9. The first-order chi connectivity index (χ1) is 19.8. The Bertz CT molecular complexity index is 1960. The van der Waals surface area contributed by atoms with Gasteiger partial charge < -0.3 is 8.83 Å². The van der Waals surface area contributed by atoms with E-state index >= 15 is 0 Å². The van der Waals surface area contributed by atoms with Crippen LogP contribution in [0.5, 0.6) is 0 Å². The Morgan fingerprint density at radius 3 is 1.25 bits per heavy atom. The van der Waals surface area contributed by atoms with Gasteiger partial charge in [-0.3, -0.25) is 9.97 Å². The lowest BCUT2D eigenvalue weighted by Gasteiger charge is -2.13. The van der Waals surface area contributed by atoms with Gasteiger partial charge in [0, 0.05) is 23.5 Å². The van der Waals surface area contributed by atoms with Gasteiger partial charge in [-0.15, -0.1) is 0 Å². The van der Waals surface area contributed by atoms with Gasteiger partial charge in [-0.05, 0) is 67.7 Å². The van der Waals surface area contributed by atoms with Crippen LogP contribution in [-0.4, -0.2) is 19.9 Å². The summed E-state index contributed by atoms with van der Waals surface area (Å²) in [5.41, 5.74) is 5.84. The Labute approximate surface area is 228 Å². The summed E-state index contributed by atoms with van der Waals surface area (Å²) in [4.78, 5) is 17.2. The number of nitrogens with zero attached hydrogens (tertiary/aromatic N) is 4. The number of pyridine rings is 2. The average molecular weight is 517 g/mol. The van der Waals surface area contributed by atoms with Crippen molar-refractivity contribution in [2.45, 2.75) is 0 Å². The van der Waals surface area contributed by atoms with Crippen molar-refractivity contribution >= 4 is 32.3 Å². The molecule has 4 heterocycles. The lowest BCUT2D eigenvalue weighted by molar-refractivity contribution is 0.569. The van der Waals surface area contributed by atoms with Gasteiger partial charge in [0.05, 0.1) is 12.4 Å². The second-order valence-electron chi connectivity index (χ2n) is 9.66. The van der Waals surface area contributed by atoms with E-state index in [0.717, 1.165) is 33.6 Å². The highest BCUT2D eigenvalue weighted by Gasteiger charge is 2.12. The molecule has 0 aliphatic heterocycles. The summed E-state index contributed by atoms with van der Waals surface area (Å²) in [5.74, 6) is 1.31. The lowest BCUT2D eigenvalue weighted by atomic mass is 9.90. The lowest BCUT2D eigenvalue weighted by Crippen LogP contribution is -1.88. The van der Waals surface area contributed by atoms with Crippen molar-refractivity contribution in [2.24, 2.45) is 0 Å². The van der Waals surface area contributed by atoms with Crippen LogP contribution in [0, 0.1) is 0 Å². The normalized spacial score (nSPS) is 11.5. The van der Waals surface area contributed by atoms with Crippen LogP contribution in [0.1, 0.15) is 0 Å². The summed E-state index contributed by atoms with van der Waals surface area (Å²) >= 11 is 0. The zero-order valence-electron chi connectivity index (χ0n) is 21.2. The molecule has 0 unspecified atom stereocenters. The number of oxazole rings is 2. The number of hydrogen-bond acceptors (Lipinski definition) is 6. The highest BCUT2D eigenvalue weighted by Crippen LogP contribution is 2.39. The van der Waals surface area contributed by atoms with Crippen LogP contribution in [0.15, 0.2) is 131 Å². The van der Waals surface area contributed by atoms with E-state index in [1.807, 2.05) is 24.5 Å². The summed E-state index contributed by atoms with van der Waals surface area (Å²) in [5, 5.41) is 7.29. The molecule has 0 saturated carbocycles. The molecular formula is C34H20N4O2. The maximum absolute atomic E-state index is 5.39. The molecule has 0 N–H and O–H groups in total. The SMILES string of the molecule is c1ccc2c(c1)c1cc(-c3ccc(-c4cnco4)nc3)ccc1c1ccc(-c3ccc(-c4cnco4)nc3)cc21. The van der Waals surface area contributed by atoms with Gasteiger partial charge in [-0.1, -0.05) is 60.7 Å². The van der Waals surface area contributed by atoms with Crippen LogP contribution >= 0.6 is 0 Å². The summed E-state index contributed by atoms with van der Waals surface area (Å²) in [6, 6.07) is 30.0. The van der Waals surface area contributed by atoms with E-state index in [-0.39, 0.29) is 0 Å². The number of aromatic nitrogens is 4. The maximum Gasteiger partial charge on any atom is 0.181 e. The minimum atomic E-state index is 0.656. The highest BCUT2D eigenvalue weighted by molar-refractivity contribution is 6.26. The van der Waals surface area contributed by atoms with Crippen molar-refractivity contribution in [2.75, 3.05) is 0 Å². The predicted molar refractivity (Wildman–Crippen MR) is 156 cm³/mol. The third-order valence-corrected chi connectivity index (χ3v) is 7.40. The Kier molecular flexibility index (Phi) is 5.03. The molecule has 8 aromatic rings. The van der Waals surface area contributed by atoms with Gasteiger partial charge in [0.2, 0.25) is 0 Å². The van der Waals surface area contributed by atoms with E-state index in [2.05, 4.69) is 92.7 Å². The van der Waals surface area contributed by atoms with Gasteiger partial charge in [0.25, 0.3) is 0 Å². The summed E-state index contributed by atoms with van der Waals surface area (Å²) in [6.07, 6.45) is 9.95. The monoisotopic (exact) mass is 516 g/mol. The number of rotatable bonds is 4.